The minimum Gasteiger partial charge on any atom is -0.360 e. The minimum absolute atomic E-state index is 0.0499. The number of carbonyl (C=O) groups excluding carboxylic acids is 1. The fourth-order valence-corrected chi connectivity index (χ4v) is 2.52. The zero-order chi connectivity index (χ0) is 18.9. The highest BCUT2D eigenvalue weighted by atomic mass is 35.5. The number of aryl methyl sites for hydroxylation is 1. The smallest absolute Gasteiger partial charge is 0.267 e. The molecule has 0 aliphatic heterocycles. The molecule has 0 aliphatic rings. The van der Waals surface area contributed by atoms with E-state index in [9.17, 15) is 10.1 Å². The lowest BCUT2D eigenvalue weighted by Gasteiger charge is -2.07. The molecule has 0 spiro atoms. The Morgan fingerprint density at radius 3 is 2.42 bits per heavy atom. The zero-order valence-corrected chi connectivity index (χ0v) is 15.9. The zero-order valence-electron chi connectivity index (χ0n) is 14.4. The third-order valence-corrected chi connectivity index (χ3v) is 4.44. The van der Waals surface area contributed by atoms with Crippen molar-refractivity contribution in [3.63, 3.8) is 0 Å². The second kappa shape index (κ2) is 9.86. The van der Waals surface area contributed by atoms with Crippen molar-refractivity contribution < 1.29 is 4.79 Å². The normalized spacial score (nSPS) is 10.9. The van der Waals surface area contributed by atoms with Gasteiger partial charge in [-0.05, 0) is 48.7 Å². The van der Waals surface area contributed by atoms with Crippen LogP contribution in [-0.4, -0.2) is 5.91 Å². The molecule has 1 amide bonds. The molecule has 2 N–H and O–H groups in total. The molecule has 4 nitrogen and oxygen atoms in total. The van der Waals surface area contributed by atoms with Crippen LogP contribution in [0.2, 0.25) is 10.0 Å². The Labute approximate surface area is 163 Å². The van der Waals surface area contributed by atoms with Crippen molar-refractivity contribution in [2.24, 2.45) is 0 Å². The topological polar surface area (TPSA) is 64.9 Å². The van der Waals surface area contributed by atoms with Gasteiger partial charge in [-0.2, -0.15) is 5.26 Å². The molecule has 2 aromatic carbocycles. The van der Waals surface area contributed by atoms with Crippen molar-refractivity contribution in [1.29, 1.82) is 5.26 Å². The first-order valence-corrected chi connectivity index (χ1v) is 9.01. The summed E-state index contributed by atoms with van der Waals surface area (Å²) in [5.41, 5.74) is 2.48. The molecule has 0 saturated heterocycles. The number of nitriles is 1. The van der Waals surface area contributed by atoms with Gasteiger partial charge in [-0.15, -0.1) is 0 Å². The number of hydrogen-bond acceptors (Lipinski definition) is 3. The van der Waals surface area contributed by atoms with Crippen molar-refractivity contribution in [1.82, 2.24) is 0 Å². The van der Waals surface area contributed by atoms with Crippen molar-refractivity contribution in [2.75, 3.05) is 10.6 Å². The molecule has 0 heterocycles. The first-order chi connectivity index (χ1) is 12.5. The summed E-state index contributed by atoms with van der Waals surface area (Å²) in [5.74, 6) is -0.530. The maximum absolute atomic E-state index is 12.2. The predicted molar refractivity (Wildman–Crippen MR) is 107 cm³/mol. The highest BCUT2D eigenvalue weighted by Crippen LogP contribution is 2.25. The van der Waals surface area contributed by atoms with E-state index in [1.807, 2.05) is 30.3 Å². The molecule has 0 radical (unpaired) electrons. The summed E-state index contributed by atoms with van der Waals surface area (Å²) in [7, 11) is 0. The standard InChI is InChI=1S/C20H19Cl2N3O/c1-2-3-4-14-5-7-16(8-6-14)24-13-15(12-23)20(26)25-17-9-10-18(21)19(22)11-17/h5-11,13,24H,2-4H2,1H3,(H,25,26)/b15-13-. The molecule has 0 aromatic heterocycles. The number of nitrogens with zero attached hydrogens (tertiary/aromatic N) is 1. The maximum Gasteiger partial charge on any atom is 0.267 e. The van der Waals surface area contributed by atoms with Gasteiger partial charge in [-0.1, -0.05) is 48.7 Å². The van der Waals surface area contributed by atoms with Crippen LogP contribution in [-0.2, 0) is 11.2 Å². The van der Waals surface area contributed by atoms with Crippen molar-refractivity contribution in [3.8, 4) is 6.07 Å². The van der Waals surface area contributed by atoms with Crippen LogP contribution in [0, 0.1) is 11.3 Å². The number of rotatable bonds is 7. The van der Waals surface area contributed by atoms with Crippen molar-refractivity contribution in [3.05, 3.63) is 69.8 Å². The molecule has 2 aromatic rings. The van der Waals surface area contributed by atoms with Gasteiger partial charge in [-0.25, -0.2) is 0 Å². The molecular weight excluding hydrogens is 369 g/mol. The Morgan fingerprint density at radius 2 is 1.81 bits per heavy atom. The highest BCUT2D eigenvalue weighted by Gasteiger charge is 2.10. The van der Waals surface area contributed by atoms with E-state index in [0.29, 0.717) is 15.7 Å². The Morgan fingerprint density at radius 1 is 1.12 bits per heavy atom. The molecule has 134 valence electrons. The molecule has 0 aliphatic carbocycles. The third-order valence-electron chi connectivity index (χ3n) is 3.70. The van der Waals surface area contributed by atoms with Gasteiger partial charge in [0.1, 0.15) is 11.6 Å². The second-order valence-corrected chi connectivity index (χ2v) is 6.51. The van der Waals surface area contributed by atoms with E-state index in [2.05, 4.69) is 17.6 Å². The van der Waals surface area contributed by atoms with E-state index in [4.69, 9.17) is 23.2 Å². The Hall–Kier alpha value is -2.48. The van der Waals surface area contributed by atoms with Crippen LogP contribution in [0.3, 0.4) is 0 Å². The molecule has 26 heavy (non-hydrogen) atoms. The molecule has 0 saturated carbocycles. The minimum atomic E-state index is -0.530. The summed E-state index contributed by atoms with van der Waals surface area (Å²) in [6.07, 6.45) is 4.73. The van der Waals surface area contributed by atoms with E-state index >= 15 is 0 Å². The molecule has 2 rings (SSSR count). The largest absolute Gasteiger partial charge is 0.360 e. The van der Waals surface area contributed by atoms with E-state index in [1.165, 1.54) is 17.8 Å². The Balaban J connectivity index is 2.01. The summed E-state index contributed by atoms with van der Waals surface area (Å²) < 4.78 is 0. The maximum atomic E-state index is 12.2. The monoisotopic (exact) mass is 387 g/mol. The number of benzene rings is 2. The van der Waals surface area contributed by atoms with Crippen molar-refractivity contribution in [2.45, 2.75) is 26.2 Å². The first-order valence-electron chi connectivity index (χ1n) is 8.25. The summed E-state index contributed by atoms with van der Waals surface area (Å²) in [6.45, 7) is 2.16. The Kier molecular flexibility index (Phi) is 7.53. The van der Waals surface area contributed by atoms with Gasteiger partial charge in [0.25, 0.3) is 5.91 Å². The molecule has 6 heteroatoms. The van der Waals surface area contributed by atoms with Gasteiger partial charge in [-0.3, -0.25) is 4.79 Å². The number of halogens is 2. The lowest BCUT2D eigenvalue weighted by molar-refractivity contribution is -0.112. The van der Waals surface area contributed by atoms with Crippen LogP contribution < -0.4 is 10.6 Å². The average Bonchev–Trinajstić information content (AvgIpc) is 2.64. The lowest BCUT2D eigenvalue weighted by atomic mass is 10.1. The average molecular weight is 388 g/mol. The molecular formula is C20H19Cl2N3O. The number of amides is 1. The quantitative estimate of drug-likeness (QED) is 0.466. The van der Waals surface area contributed by atoms with Crippen molar-refractivity contribution >= 4 is 40.5 Å². The second-order valence-electron chi connectivity index (χ2n) is 5.70. The van der Waals surface area contributed by atoms with Crippen LogP contribution in [0.5, 0.6) is 0 Å². The highest BCUT2D eigenvalue weighted by molar-refractivity contribution is 6.42. The van der Waals surface area contributed by atoms with Crippen LogP contribution >= 0.6 is 23.2 Å². The molecule has 0 atom stereocenters. The number of unbranched alkanes of at least 4 members (excludes halogenated alkanes) is 1. The van der Waals surface area contributed by atoms with Gasteiger partial charge in [0.05, 0.1) is 10.0 Å². The fourth-order valence-electron chi connectivity index (χ4n) is 2.22. The number of anilines is 2. The third kappa shape index (κ3) is 5.80. The van der Waals surface area contributed by atoms with Gasteiger partial charge in [0, 0.05) is 17.6 Å². The summed E-state index contributed by atoms with van der Waals surface area (Å²) >= 11 is 11.8. The molecule has 0 bridgehead atoms. The van der Waals surface area contributed by atoms with Crippen LogP contribution in [0.4, 0.5) is 11.4 Å². The summed E-state index contributed by atoms with van der Waals surface area (Å²) in [5, 5.41) is 15.5. The van der Waals surface area contributed by atoms with Gasteiger partial charge < -0.3 is 10.6 Å². The summed E-state index contributed by atoms with van der Waals surface area (Å²) in [4.78, 5) is 12.2. The fraction of sp³-hybridized carbons (Fsp3) is 0.200. The number of carbonyl (C=O) groups is 1. The number of nitrogens with one attached hydrogen (secondary N) is 2. The lowest BCUT2D eigenvalue weighted by Crippen LogP contribution is -2.14. The predicted octanol–water partition coefficient (Wildman–Crippen LogP) is 5.79. The Bertz CT molecular complexity index is 839. The van der Waals surface area contributed by atoms with Gasteiger partial charge in [0.15, 0.2) is 0 Å². The van der Waals surface area contributed by atoms with Gasteiger partial charge in [0.2, 0.25) is 0 Å². The molecule has 0 fully saturated rings. The first kappa shape index (κ1) is 19.8. The van der Waals surface area contributed by atoms with Crippen LogP contribution in [0.1, 0.15) is 25.3 Å². The van der Waals surface area contributed by atoms with Crippen LogP contribution in [0.15, 0.2) is 54.2 Å². The van der Waals surface area contributed by atoms with Gasteiger partial charge >= 0.3 is 0 Å². The van der Waals surface area contributed by atoms with Crippen LogP contribution in [0.25, 0.3) is 0 Å². The van der Waals surface area contributed by atoms with E-state index in [1.54, 1.807) is 12.1 Å². The SMILES string of the molecule is CCCCc1ccc(N/C=C(/C#N)C(=O)Nc2ccc(Cl)c(Cl)c2)cc1. The number of hydrogen-bond donors (Lipinski definition) is 2. The van der Waals surface area contributed by atoms with E-state index in [-0.39, 0.29) is 5.57 Å². The van der Waals surface area contributed by atoms with E-state index < -0.39 is 5.91 Å². The molecule has 0 unspecified atom stereocenters. The summed E-state index contributed by atoms with van der Waals surface area (Å²) in [6, 6.07) is 14.5. The van der Waals surface area contributed by atoms with E-state index in [0.717, 1.165) is 24.9 Å².